The molecule has 0 aromatic carbocycles. The number of hydrogen-bond acceptors (Lipinski definition) is 5. The topological polar surface area (TPSA) is 51.2 Å². The molecule has 20 heavy (non-hydrogen) atoms. The van der Waals surface area contributed by atoms with Gasteiger partial charge in [0, 0.05) is 18.5 Å². The van der Waals surface area contributed by atoms with Gasteiger partial charge in [-0.15, -0.1) is 22.7 Å². The van der Waals surface area contributed by atoms with Gasteiger partial charge in [0.05, 0.1) is 23.1 Å². The van der Waals surface area contributed by atoms with Crippen LogP contribution in [0.3, 0.4) is 0 Å². The lowest BCUT2D eigenvalue weighted by Crippen LogP contribution is -2.32. The van der Waals surface area contributed by atoms with Crippen molar-refractivity contribution in [2.45, 2.75) is 25.4 Å². The van der Waals surface area contributed by atoms with Gasteiger partial charge in [0.1, 0.15) is 5.01 Å². The van der Waals surface area contributed by atoms with Gasteiger partial charge in [0.25, 0.3) is 0 Å². The van der Waals surface area contributed by atoms with Crippen molar-refractivity contribution in [1.82, 2.24) is 10.3 Å². The van der Waals surface area contributed by atoms with E-state index >= 15 is 0 Å². The van der Waals surface area contributed by atoms with Gasteiger partial charge >= 0.3 is 0 Å². The van der Waals surface area contributed by atoms with Crippen LogP contribution >= 0.6 is 22.7 Å². The van der Waals surface area contributed by atoms with Gasteiger partial charge in [-0.05, 0) is 24.3 Å². The Kier molecular flexibility index (Phi) is 4.44. The van der Waals surface area contributed by atoms with E-state index < -0.39 is 0 Å². The first-order valence-electron chi connectivity index (χ1n) is 6.68. The summed E-state index contributed by atoms with van der Waals surface area (Å²) in [6.45, 7) is 1.43. The van der Waals surface area contributed by atoms with Gasteiger partial charge in [0.15, 0.2) is 0 Å². The number of amides is 1. The van der Waals surface area contributed by atoms with E-state index in [-0.39, 0.29) is 12.0 Å². The molecule has 1 atom stereocenters. The maximum absolute atomic E-state index is 11.9. The summed E-state index contributed by atoms with van der Waals surface area (Å²) < 4.78 is 5.48. The first-order valence-corrected chi connectivity index (χ1v) is 8.44. The van der Waals surface area contributed by atoms with Crippen molar-refractivity contribution in [3.05, 3.63) is 28.6 Å². The van der Waals surface area contributed by atoms with Crippen LogP contribution in [0.4, 0.5) is 0 Å². The minimum absolute atomic E-state index is 0.0172. The van der Waals surface area contributed by atoms with Crippen LogP contribution in [-0.4, -0.2) is 30.1 Å². The molecule has 1 aliphatic heterocycles. The predicted molar refractivity (Wildman–Crippen MR) is 81.1 cm³/mol. The highest BCUT2D eigenvalue weighted by Crippen LogP contribution is 2.27. The number of rotatable bonds is 5. The van der Waals surface area contributed by atoms with E-state index in [1.807, 2.05) is 22.9 Å². The van der Waals surface area contributed by atoms with Crippen LogP contribution in [0.2, 0.25) is 0 Å². The van der Waals surface area contributed by atoms with Crippen LogP contribution < -0.4 is 5.32 Å². The standard InChI is InChI=1S/C14H16N2O2S2/c17-13(15-8-11-3-1-5-18-11)7-10-9-20-14(16-10)12-4-2-6-19-12/h2,4,6,9,11H,1,3,5,7-8H2,(H,15,17)/t11-/m0/s1. The van der Waals surface area contributed by atoms with E-state index in [1.54, 1.807) is 22.7 Å². The summed E-state index contributed by atoms with van der Waals surface area (Å²) in [6, 6.07) is 4.06. The predicted octanol–water partition coefficient (Wildman–Crippen LogP) is 2.71. The zero-order chi connectivity index (χ0) is 13.8. The smallest absolute Gasteiger partial charge is 0.226 e. The first-order chi connectivity index (χ1) is 9.81. The minimum Gasteiger partial charge on any atom is -0.376 e. The van der Waals surface area contributed by atoms with Gasteiger partial charge in [-0.1, -0.05) is 6.07 Å². The molecule has 4 nitrogen and oxygen atoms in total. The van der Waals surface area contributed by atoms with Crippen molar-refractivity contribution in [2.75, 3.05) is 13.2 Å². The second-order valence-corrected chi connectivity index (χ2v) is 6.54. The third kappa shape index (κ3) is 3.45. The lowest BCUT2D eigenvalue weighted by molar-refractivity contribution is -0.121. The third-order valence-electron chi connectivity index (χ3n) is 3.18. The number of carbonyl (C=O) groups is 1. The Morgan fingerprint density at radius 2 is 2.45 bits per heavy atom. The number of nitrogens with one attached hydrogen (secondary N) is 1. The van der Waals surface area contributed by atoms with Crippen molar-refractivity contribution in [1.29, 1.82) is 0 Å². The average Bonchev–Trinajstić information content (AvgIpc) is 3.18. The number of ether oxygens (including phenoxy) is 1. The quantitative estimate of drug-likeness (QED) is 0.924. The van der Waals surface area contributed by atoms with Gasteiger partial charge in [-0.3, -0.25) is 4.79 Å². The number of thiophene rings is 1. The molecule has 0 unspecified atom stereocenters. The third-order valence-corrected chi connectivity index (χ3v) is 5.11. The van der Waals surface area contributed by atoms with E-state index in [0.29, 0.717) is 13.0 Å². The number of carbonyl (C=O) groups excluding carboxylic acids is 1. The second-order valence-electron chi connectivity index (χ2n) is 4.74. The highest BCUT2D eigenvalue weighted by Gasteiger charge is 2.16. The maximum Gasteiger partial charge on any atom is 0.226 e. The molecule has 1 fully saturated rings. The highest BCUT2D eigenvalue weighted by atomic mass is 32.1. The van der Waals surface area contributed by atoms with Crippen molar-refractivity contribution >= 4 is 28.6 Å². The summed E-state index contributed by atoms with van der Waals surface area (Å²) in [7, 11) is 0. The highest BCUT2D eigenvalue weighted by molar-refractivity contribution is 7.20. The zero-order valence-electron chi connectivity index (χ0n) is 11.0. The average molecular weight is 308 g/mol. The number of hydrogen-bond donors (Lipinski definition) is 1. The largest absolute Gasteiger partial charge is 0.376 e. The molecule has 0 spiro atoms. The maximum atomic E-state index is 11.9. The molecule has 0 bridgehead atoms. The summed E-state index contributed by atoms with van der Waals surface area (Å²) in [4.78, 5) is 17.5. The first kappa shape index (κ1) is 13.7. The second kappa shape index (κ2) is 6.47. The molecule has 3 rings (SSSR count). The van der Waals surface area contributed by atoms with Gasteiger partial charge < -0.3 is 10.1 Å². The summed E-state index contributed by atoms with van der Waals surface area (Å²) in [5, 5.41) is 7.90. The van der Waals surface area contributed by atoms with Crippen molar-refractivity contribution in [3.8, 4) is 9.88 Å². The Morgan fingerprint density at radius 1 is 1.50 bits per heavy atom. The van der Waals surface area contributed by atoms with Crippen LogP contribution in [0.1, 0.15) is 18.5 Å². The molecule has 1 amide bonds. The number of aromatic nitrogens is 1. The van der Waals surface area contributed by atoms with E-state index in [1.165, 1.54) is 0 Å². The summed E-state index contributed by atoms with van der Waals surface area (Å²) >= 11 is 3.25. The molecule has 2 aromatic rings. The molecule has 1 aliphatic rings. The fourth-order valence-electron chi connectivity index (χ4n) is 2.16. The molecule has 0 radical (unpaired) electrons. The van der Waals surface area contributed by atoms with Crippen LogP contribution in [-0.2, 0) is 16.0 Å². The Hall–Kier alpha value is -1.24. The zero-order valence-corrected chi connectivity index (χ0v) is 12.6. The SMILES string of the molecule is O=C(Cc1csc(-c2cccs2)n1)NC[C@@H]1CCCO1. The summed E-state index contributed by atoms with van der Waals surface area (Å²) in [5.74, 6) is 0.0172. The van der Waals surface area contributed by atoms with Gasteiger partial charge in [-0.2, -0.15) is 0 Å². The lowest BCUT2D eigenvalue weighted by Gasteiger charge is -2.09. The molecule has 2 aromatic heterocycles. The monoisotopic (exact) mass is 308 g/mol. The van der Waals surface area contributed by atoms with Crippen LogP contribution in [0, 0.1) is 0 Å². The molecular formula is C14H16N2O2S2. The normalized spacial score (nSPS) is 18.3. The Labute approximate surface area is 125 Å². The summed E-state index contributed by atoms with van der Waals surface area (Å²) in [5.41, 5.74) is 0.836. The Bertz CT molecular complexity index is 560. The van der Waals surface area contributed by atoms with Crippen molar-refractivity contribution in [2.24, 2.45) is 0 Å². The fourth-order valence-corrected chi connectivity index (χ4v) is 3.80. The molecule has 6 heteroatoms. The van der Waals surface area contributed by atoms with E-state index in [4.69, 9.17) is 4.74 Å². The summed E-state index contributed by atoms with van der Waals surface area (Å²) in [6.07, 6.45) is 2.67. The minimum atomic E-state index is 0.0172. The molecule has 1 N–H and O–H groups in total. The molecule has 0 saturated carbocycles. The van der Waals surface area contributed by atoms with Crippen molar-refractivity contribution in [3.63, 3.8) is 0 Å². The molecule has 3 heterocycles. The molecular weight excluding hydrogens is 292 g/mol. The molecule has 0 aliphatic carbocycles. The fraction of sp³-hybridized carbons (Fsp3) is 0.429. The Morgan fingerprint density at radius 3 is 3.20 bits per heavy atom. The van der Waals surface area contributed by atoms with Crippen molar-refractivity contribution < 1.29 is 9.53 Å². The molecule has 1 saturated heterocycles. The number of nitrogens with zero attached hydrogens (tertiary/aromatic N) is 1. The van der Waals surface area contributed by atoms with Crippen LogP contribution in [0.5, 0.6) is 0 Å². The van der Waals surface area contributed by atoms with E-state index in [0.717, 1.165) is 35.0 Å². The van der Waals surface area contributed by atoms with E-state index in [9.17, 15) is 4.79 Å². The van der Waals surface area contributed by atoms with Crippen LogP contribution in [0.25, 0.3) is 9.88 Å². The van der Waals surface area contributed by atoms with Crippen LogP contribution in [0.15, 0.2) is 22.9 Å². The van der Waals surface area contributed by atoms with Gasteiger partial charge in [-0.25, -0.2) is 4.98 Å². The van der Waals surface area contributed by atoms with E-state index in [2.05, 4.69) is 10.3 Å². The molecule has 106 valence electrons. The Balaban J connectivity index is 1.51. The lowest BCUT2D eigenvalue weighted by atomic mass is 10.2. The van der Waals surface area contributed by atoms with Gasteiger partial charge in [0.2, 0.25) is 5.91 Å². The number of thiazole rings is 1.